The number of aliphatic carboxylic acids is 1. The van der Waals surface area contributed by atoms with Crippen molar-refractivity contribution in [1.29, 1.82) is 0 Å². The summed E-state index contributed by atoms with van der Waals surface area (Å²) in [6.07, 6.45) is -1.19. The van der Waals surface area contributed by atoms with E-state index in [1.807, 2.05) is 54.6 Å². The maximum Gasteiger partial charge on any atom is 0.411 e. The monoisotopic (exact) mass is 778 g/mol. The van der Waals surface area contributed by atoms with Crippen molar-refractivity contribution in [3.05, 3.63) is 142 Å². The number of nitrogens with one attached hydrogen (secondary N) is 1. The number of nitrogens with zero attached hydrogens (tertiary/aromatic N) is 3. The molecule has 13 heteroatoms. The van der Waals surface area contributed by atoms with Gasteiger partial charge in [-0.3, -0.25) is 19.4 Å². The van der Waals surface area contributed by atoms with Crippen LogP contribution in [0.3, 0.4) is 0 Å². The lowest BCUT2D eigenvalue weighted by Gasteiger charge is -2.40. The first-order valence-corrected chi connectivity index (χ1v) is 18.9. The van der Waals surface area contributed by atoms with Gasteiger partial charge in [-0.2, -0.15) is 0 Å². The largest absolute Gasteiger partial charge is 0.480 e. The number of fused-ring (bicyclic) bond motifs is 1. The van der Waals surface area contributed by atoms with Gasteiger partial charge in [0.1, 0.15) is 30.1 Å². The molecule has 12 nitrogen and oxygen atoms in total. The minimum Gasteiger partial charge on any atom is -0.480 e. The van der Waals surface area contributed by atoms with Crippen molar-refractivity contribution in [2.24, 2.45) is 0 Å². The molecule has 57 heavy (non-hydrogen) atoms. The summed E-state index contributed by atoms with van der Waals surface area (Å²) in [5.74, 6) is -2.55. The minimum absolute atomic E-state index is 0.00582. The number of hydrogen-bond acceptors (Lipinski definition) is 7. The average Bonchev–Trinajstić information content (AvgIpc) is 3.62. The Morgan fingerprint density at radius 3 is 2.14 bits per heavy atom. The Morgan fingerprint density at radius 1 is 0.825 bits per heavy atom. The van der Waals surface area contributed by atoms with Crippen LogP contribution in [0.25, 0.3) is 0 Å². The van der Waals surface area contributed by atoms with Gasteiger partial charge in [0.25, 0.3) is 5.91 Å². The molecule has 0 saturated carbocycles. The third kappa shape index (κ3) is 9.77. The summed E-state index contributed by atoms with van der Waals surface area (Å²) < 4.78 is 26.4. The number of carbonyl (C=O) groups excluding carboxylic acids is 4. The van der Waals surface area contributed by atoms with Crippen molar-refractivity contribution < 1.29 is 42.9 Å². The third-order valence-electron chi connectivity index (χ3n) is 10.2. The molecule has 4 aromatic carbocycles. The highest BCUT2D eigenvalue weighted by Crippen LogP contribution is 2.31. The lowest BCUT2D eigenvalue weighted by Crippen LogP contribution is -2.54. The van der Waals surface area contributed by atoms with Crippen LogP contribution >= 0.6 is 0 Å². The summed E-state index contributed by atoms with van der Waals surface area (Å²) in [6.45, 7) is 6.94. The number of rotatable bonds is 10. The fourth-order valence-corrected chi connectivity index (χ4v) is 7.24. The first-order valence-electron chi connectivity index (χ1n) is 18.9. The van der Waals surface area contributed by atoms with Gasteiger partial charge in [-0.15, -0.1) is 0 Å². The lowest BCUT2D eigenvalue weighted by atomic mass is 9.92. The van der Waals surface area contributed by atoms with Crippen LogP contribution < -0.4 is 5.32 Å². The second kappa shape index (κ2) is 17.3. The van der Waals surface area contributed by atoms with Gasteiger partial charge in [0, 0.05) is 43.1 Å². The van der Waals surface area contributed by atoms with E-state index < -0.39 is 65.6 Å². The van der Waals surface area contributed by atoms with Crippen LogP contribution in [0.15, 0.2) is 103 Å². The van der Waals surface area contributed by atoms with E-state index in [4.69, 9.17) is 9.47 Å². The second-order valence-electron chi connectivity index (χ2n) is 15.4. The van der Waals surface area contributed by atoms with E-state index in [-0.39, 0.29) is 44.6 Å². The molecular formula is C44H47FN4O8. The van der Waals surface area contributed by atoms with E-state index >= 15 is 4.39 Å². The van der Waals surface area contributed by atoms with Crippen molar-refractivity contribution in [3.8, 4) is 0 Å². The molecule has 1 fully saturated rings. The smallest absolute Gasteiger partial charge is 0.411 e. The van der Waals surface area contributed by atoms with Crippen LogP contribution in [0.4, 0.5) is 14.0 Å². The van der Waals surface area contributed by atoms with Gasteiger partial charge >= 0.3 is 18.2 Å². The number of carboxylic acids is 1. The second-order valence-corrected chi connectivity index (χ2v) is 15.4. The highest BCUT2D eigenvalue weighted by Gasteiger charge is 2.43. The molecule has 0 aromatic heterocycles. The number of ether oxygens (including phenoxy) is 2. The third-order valence-corrected chi connectivity index (χ3v) is 10.2. The Labute approximate surface area is 331 Å². The lowest BCUT2D eigenvalue weighted by molar-refractivity contribution is -0.142. The number of carboxylic acid groups (broad SMARTS) is 1. The maximum absolute atomic E-state index is 15.3. The number of likely N-dealkylation sites (tertiary alicyclic amines) is 1. The summed E-state index contributed by atoms with van der Waals surface area (Å²) in [6, 6.07) is 26.1. The number of amides is 4. The molecule has 0 radical (unpaired) electrons. The van der Waals surface area contributed by atoms with Gasteiger partial charge < -0.3 is 24.8 Å². The molecule has 1 saturated heterocycles. The molecule has 4 atom stereocenters. The molecule has 0 aliphatic carbocycles. The minimum atomic E-state index is -1.20. The van der Waals surface area contributed by atoms with E-state index in [9.17, 15) is 29.1 Å². The summed E-state index contributed by atoms with van der Waals surface area (Å²) in [5.41, 5.74) is 3.00. The Morgan fingerprint density at radius 2 is 1.47 bits per heavy atom. The molecule has 0 spiro atoms. The van der Waals surface area contributed by atoms with Gasteiger partial charge in [0.15, 0.2) is 0 Å². The van der Waals surface area contributed by atoms with Crippen LogP contribution in [0.5, 0.6) is 0 Å². The highest BCUT2D eigenvalue weighted by molar-refractivity contribution is 5.94. The Kier molecular flexibility index (Phi) is 12.2. The van der Waals surface area contributed by atoms with Crippen molar-refractivity contribution >= 4 is 30.0 Å². The van der Waals surface area contributed by atoms with Gasteiger partial charge in [0.05, 0.1) is 12.6 Å². The van der Waals surface area contributed by atoms with Crippen LogP contribution in [0, 0.1) is 5.82 Å². The molecule has 2 aliphatic heterocycles. The topological polar surface area (TPSA) is 146 Å². The zero-order valence-electron chi connectivity index (χ0n) is 32.4. The molecule has 2 N–H and O–H groups in total. The molecule has 4 aromatic rings. The molecule has 2 heterocycles. The molecule has 1 unspecified atom stereocenters. The molecule has 2 aliphatic rings. The molecule has 4 amide bonds. The SMILES string of the molecule is C[C@H](c1ccccc1F)N(Cc1ccc(C(=O)N[C@H]2C[C@@H](C(=O)O)N(C(=O)OC(C)(C)C)C2)cc1)C(=O)C1Cc2ccccc2CN1C(=O)OCc1ccccc1. The fraction of sp³-hybridized carbons (Fsp3) is 0.341. The average molecular weight is 779 g/mol. The van der Waals surface area contributed by atoms with Crippen molar-refractivity contribution in [2.75, 3.05) is 6.54 Å². The fourth-order valence-electron chi connectivity index (χ4n) is 7.24. The maximum atomic E-state index is 15.3. The van der Waals surface area contributed by atoms with E-state index in [0.29, 0.717) is 11.1 Å². The number of halogens is 1. The quantitative estimate of drug-likeness (QED) is 0.178. The zero-order chi connectivity index (χ0) is 40.9. The van der Waals surface area contributed by atoms with E-state index in [1.165, 1.54) is 11.0 Å². The molecule has 6 rings (SSSR count). The predicted molar refractivity (Wildman–Crippen MR) is 208 cm³/mol. The summed E-state index contributed by atoms with van der Waals surface area (Å²) in [5, 5.41) is 12.6. The summed E-state index contributed by atoms with van der Waals surface area (Å²) >= 11 is 0. The standard InChI is InChI=1S/C44H47FN4O8/c1-28(35-16-10-11-17-36(35)45)47(40(51)37-22-32-14-8-9-15-33(32)25-48(37)42(54)56-27-30-12-6-5-7-13-30)24-29-18-20-31(21-19-29)39(50)46-34-23-38(41(52)53)49(26-34)43(55)57-44(2,3)4/h5-21,28,34,37-38H,22-27H2,1-4H3,(H,46,50)(H,52,53)/t28-,34+,37?,38+/m1/s1. The summed E-state index contributed by atoms with van der Waals surface area (Å²) in [7, 11) is 0. The van der Waals surface area contributed by atoms with Gasteiger partial charge in [-0.05, 0) is 68.1 Å². The van der Waals surface area contributed by atoms with Crippen molar-refractivity contribution in [3.63, 3.8) is 0 Å². The highest BCUT2D eigenvalue weighted by atomic mass is 19.1. The van der Waals surface area contributed by atoms with Gasteiger partial charge in [-0.1, -0.05) is 84.9 Å². The Balaban J connectivity index is 1.22. The molecular weight excluding hydrogens is 732 g/mol. The molecule has 298 valence electrons. The van der Waals surface area contributed by atoms with Gasteiger partial charge in [-0.25, -0.2) is 18.8 Å². The van der Waals surface area contributed by atoms with E-state index in [0.717, 1.165) is 21.6 Å². The van der Waals surface area contributed by atoms with Gasteiger partial charge in [0.2, 0.25) is 5.91 Å². The van der Waals surface area contributed by atoms with E-state index in [1.54, 1.807) is 75.1 Å². The van der Waals surface area contributed by atoms with Crippen LogP contribution in [-0.2, 0) is 45.2 Å². The number of hydrogen-bond donors (Lipinski definition) is 2. The predicted octanol–water partition coefficient (Wildman–Crippen LogP) is 6.87. The van der Waals surface area contributed by atoms with Crippen molar-refractivity contribution in [2.45, 2.75) is 90.0 Å². The normalized spacial score (nSPS) is 18.2. The summed E-state index contributed by atoms with van der Waals surface area (Å²) in [4.78, 5) is 70.7. The molecule has 0 bridgehead atoms. The number of benzene rings is 4. The first kappa shape index (κ1) is 40.4. The van der Waals surface area contributed by atoms with E-state index in [2.05, 4.69) is 5.32 Å². The Bertz CT molecular complexity index is 2110. The van der Waals surface area contributed by atoms with Crippen LogP contribution in [-0.4, -0.2) is 80.0 Å². The number of carbonyl (C=O) groups is 5. The zero-order valence-corrected chi connectivity index (χ0v) is 32.4. The van der Waals surface area contributed by atoms with Crippen LogP contribution in [0.1, 0.15) is 78.3 Å². The van der Waals surface area contributed by atoms with Crippen molar-refractivity contribution in [1.82, 2.24) is 20.0 Å². The first-order chi connectivity index (χ1) is 27.2. The Hall–Kier alpha value is -6.24. The van der Waals surface area contributed by atoms with Crippen LogP contribution in [0.2, 0.25) is 0 Å².